The van der Waals surface area contributed by atoms with Crippen molar-refractivity contribution in [2.45, 2.75) is 43.2 Å². The zero-order valence-electron chi connectivity index (χ0n) is 17.1. The Balaban J connectivity index is 0.000000448. The highest BCUT2D eigenvalue weighted by atomic mass is 35.5. The van der Waals surface area contributed by atoms with Gasteiger partial charge in [-0.05, 0) is 43.2 Å². The highest BCUT2D eigenvalue weighted by Crippen LogP contribution is 2.37. The minimum atomic E-state index is -0.245. The monoisotopic (exact) mass is 464 g/mol. The average Bonchev–Trinajstić information content (AvgIpc) is 3.24. The van der Waals surface area contributed by atoms with Gasteiger partial charge < -0.3 is 9.40 Å². The summed E-state index contributed by atoms with van der Waals surface area (Å²) in [5.41, 5.74) is 2.08. The number of halogens is 2. The van der Waals surface area contributed by atoms with E-state index in [0.29, 0.717) is 22.5 Å². The SMILES string of the molecule is CN1OC1=O.Cc1nc(C(C)C)c(Sc2cc(Cl)cc(Cl)c2)n1Cc1ccccn1. The first-order valence-corrected chi connectivity index (χ1v) is 10.9. The number of carbonyl (C=O) groups excluding carboxylic acids is 1. The number of benzene rings is 1. The molecule has 0 bridgehead atoms. The van der Waals surface area contributed by atoms with Gasteiger partial charge in [0, 0.05) is 21.1 Å². The zero-order chi connectivity index (χ0) is 21.8. The minimum absolute atomic E-state index is 0.245. The second-order valence-electron chi connectivity index (χ2n) is 6.97. The zero-order valence-corrected chi connectivity index (χ0v) is 19.4. The van der Waals surface area contributed by atoms with Crippen LogP contribution in [-0.2, 0) is 11.4 Å². The Bertz CT molecular complexity index is 1020. The van der Waals surface area contributed by atoms with E-state index in [1.165, 1.54) is 0 Å². The predicted octanol–water partition coefficient (Wildman–Crippen LogP) is 6.20. The molecule has 0 saturated carbocycles. The van der Waals surface area contributed by atoms with E-state index in [4.69, 9.17) is 28.2 Å². The van der Waals surface area contributed by atoms with Crippen LogP contribution >= 0.6 is 35.0 Å². The number of aromatic nitrogens is 3. The predicted molar refractivity (Wildman–Crippen MR) is 119 cm³/mol. The number of rotatable bonds is 5. The molecule has 0 radical (unpaired) electrons. The molecule has 3 heterocycles. The molecule has 158 valence electrons. The molecule has 0 N–H and O–H groups in total. The van der Waals surface area contributed by atoms with Crippen LogP contribution < -0.4 is 0 Å². The van der Waals surface area contributed by atoms with Crippen molar-refractivity contribution in [3.05, 3.63) is 69.9 Å². The molecule has 9 heteroatoms. The van der Waals surface area contributed by atoms with Gasteiger partial charge in [-0.25, -0.2) is 9.78 Å². The Hall–Kier alpha value is -2.22. The van der Waals surface area contributed by atoms with Gasteiger partial charge in [0.15, 0.2) is 0 Å². The topological polar surface area (TPSA) is 63.3 Å². The van der Waals surface area contributed by atoms with Crippen molar-refractivity contribution in [3.8, 4) is 0 Å². The molecule has 1 aromatic carbocycles. The molecule has 4 rings (SSSR count). The number of carbonyl (C=O) groups is 1. The van der Waals surface area contributed by atoms with Gasteiger partial charge >= 0.3 is 6.09 Å². The third-order valence-electron chi connectivity index (χ3n) is 4.22. The van der Waals surface area contributed by atoms with Gasteiger partial charge in [0.1, 0.15) is 10.9 Å². The first-order valence-electron chi connectivity index (χ1n) is 9.31. The lowest BCUT2D eigenvalue weighted by Gasteiger charge is -2.12. The highest BCUT2D eigenvalue weighted by molar-refractivity contribution is 7.99. The van der Waals surface area contributed by atoms with Gasteiger partial charge in [-0.15, -0.1) is 5.06 Å². The average molecular weight is 465 g/mol. The Morgan fingerprint density at radius 1 is 1.17 bits per heavy atom. The van der Waals surface area contributed by atoms with Crippen LogP contribution in [0.4, 0.5) is 4.79 Å². The molecule has 0 aliphatic carbocycles. The Morgan fingerprint density at radius 3 is 2.30 bits per heavy atom. The van der Waals surface area contributed by atoms with Crippen molar-refractivity contribution in [1.29, 1.82) is 0 Å². The summed E-state index contributed by atoms with van der Waals surface area (Å²) in [7, 11) is 1.56. The molecule has 30 heavy (non-hydrogen) atoms. The molecule has 0 spiro atoms. The van der Waals surface area contributed by atoms with E-state index < -0.39 is 0 Å². The van der Waals surface area contributed by atoms with Gasteiger partial charge in [0.25, 0.3) is 0 Å². The van der Waals surface area contributed by atoms with Crippen LogP contribution in [0.25, 0.3) is 0 Å². The second-order valence-corrected chi connectivity index (χ2v) is 8.91. The number of imidazole rings is 1. The maximum atomic E-state index is 9.59. The van der Waals surface area contributed by atoms with Crippen molar-refractivity contribution >= 4 is 41.1 Å². The summed E-state index contributed by atoms with van der Waals surface area (Å²) in [6.07, 6.45) is 1.57. The lowest BCUT2D eigenvalue weighted by molar-refractivity contribution is 0.227. The Morgan fingerprint density at radius 2 is 1.80 bits per heavy atom. The Kier molecular flexibility index (Phi) is 7.28. The highest BCUT2D eigenvalue weighted by Gasteiger charge is 2.28. The quantitative estimate of drug-likeness (QED) is 0.420. The van der Waals surface area contributed by atoms with Gasteiger partial charge in [0.05, 0.1) is 25.0 Å². The van der Waals surface area contributed by atoms with Crippen LogP contribution in [0.1, 0.15) is 37.0 Å². The summed E-state index contributed by atoms with van der Waals surface area (Å²) in [6, 6.07) is 11.5. The van der Waals surface area contributed by atoms with E-state index in [9.17, 15) is 4.79 Å². The third-order valence-corrected chi connectivity index (χ3v) is 5.75. The first-order chi connectivity index (χ1) is 14.2. The summed E-state index contributed by atoms with van der Waals surface area (Å²) in [5.74, 6) is 1.30. The van der Waals surface area contributed by atoms with Crippen molar-refractivity contribution in [2.75, 3.05) is 7.05 Å². The van der Waals surface area contributed by atoms with Crippen molar-refractivity contribution in [2.24, 2.45) is 0 Å². The number of nitrogens with zero attached hydrogens (tertiary/aromatic N) is 4. The van der Waals surface area contributed by atoms with E-state index in [-0.39, 0.29) is 6.09 Å². The minimum Gasteiger partial charge on any atom is -0.317 e. The van der Waals surface area contributed by atoms with Gasteiger partial charge in [-0.1, -0.05) is 54.9 Å². The molecule has 0 atom stereocenters. The summed E-state index contributed by atoms with van der Waals surface area (Å²) in [6.45, 7) is 7.02. The maximum Gasteiger partial charge on any atom is 0.467 e. The summed E-state index contributed by atoms with van der Waals surface area (Å²) < 4.78 is 2.21. The maximum absolute atomic E-state index is 9.59. The molecule has 1 aliphatic rings. The summed E-state index contributed by atoms with van der Waals surface area (Å²) >= 11 is 14.0. The lowest BCUT2D eigenvalue weighted by Crippen LogP contribution is -2.05. The fourth-order valence-electron chi connectivity index (χ4n) is 2.69. The smallest absolute Gasteiger partial charge is 0.317 e. The van der Waals surface area contributed by atoms with Crippen molar-refractivity contribution in [1.82, 2.24) is 19.6 Å². The summed E-state index contributed by atoms with van der Waals surface area (Å²) in [4.78, 5) is 23.9. The molecule has 1 saturated heterocycles. The second kappa shape index (κ2) is 9.73. The first kappa shape index (κ1) is 22.5. The van der Waals surface area contributed by atoms with E-state index in [1.807, 2.05) is 43.5 Å². The lowest BCUT2D eigenvalue weighted by atomic mass is 10.1. The normalized spacial score (nSPS) is 12.5. The van der Waals surface area contributed by atoms with Crippen LogP contribution in [0.5, 0.6) is 0 Å². The van der Waals surface area contributed by atoms with E-state index in [1.54, 1.807) is 24.9 Å². The van der Waals surface area contributed by atoms with Crippen molar-refractivity contribution in [3.63, 3.8) is 0 Å². The van der Waals surface area contributed by atoms with Crippen LogP contribution in [-0.4, -0.2) is 32.7 Å². The van der Waals surface area contributed by atoms with E-state index >= 15 is 0 Å². The van der Waals surface area contributed by atoms with Crippen LogP contribution in [0.2, 0.25) is 10.0 Å². The fourth-order valence-corrected chi connectivity index (χ4v) is 4.63. The fraction of sp³-hybridized carbons (Fsp3) is 0.286. The molecule has 6 nitrogen and oxygen atoms in total. The van der Waals surface area contributed by atoms with Gasteiger partial charge in [-0.3, -0.25) is 4.98 Å². The summed E-state index contributed by atoms with van der Waals surface area (Å²) in [5, 5.41) is 3.53. The van der Waals surface area contributed by atoms with E-state index in [2.05, 4.69) is 28.2 Å². The molecule has 1 fully saturated rings. The molecular weight excluding hydrogens is 443 g/mol. The number of hydrogen-bond donors (Lipinski definition) is 0. The van der Waals surface area contributed by atoms with Crippen molar-refractivity contribution < 1.29 is 9.63 Å². The number of pyridine rings is 1. The van der Waals surface area contributed by atoms with Gasteiger partial charge in [-0.2, -0.15) is 0 Å². The molecule has 0 unspecified atom stereocenters. The Labute approximate surface area is 190 Å². The molecule has 3 aromatic rings. The molecule has 2 aromatic heterocycles. The van der Waals surface area contributed by atoms with E-state index in [0.717, 1.165) is 32.2 Å². The van der Waals surface area contributed by atoms with Crippen LogP contribution in [0.15, 0.2) is 52.5 Å². The standard InChI is InChI=1S/C19H19Cl2N3S.C2H3NO2/c1-12(2)18-19(25-17-9-14(20)8-15(21)10-17)24(13(3)23-18)11-16-6-4-5-7-22-16;1-3-2(4)5-3/h4-10,12H,11H2,1-3H3;1H3. The number of amides is 1. The third kappa shape index (κ3) is 5.90. The molecule has 1 aliphatic heterocycles. The largest absolute Gasteiger partial charge is 0.467 e. The van der Waals surface area contributed by atoms with Gasteiger partial charge in [0.2, 0.25) is 0 Å². The number of hydrogen-bond acceptors (Lipinski definition) is 5. The molecule has 1 amide bonds. The van der Waals surface area contributed by atoms with Crippen LogP contribution in [0.3, 0.4) is 0 Å². The number of hydroxylamine groups is 2. The number of aryl methyl sites for hydroxylation is 1. The van der Waals surface area contributed by atoms with Crippen LogP contribution in [0, 0.1) is 6.92 Å². The molecular formula is C21H22Cl2N4O2S.